The first-order chi connectivity index (χ1) is 11.5. The van der Waals surface area contributed by atoms with Gasteiger partial charge in [-0.15, -0.1) is 0 Å². The summed E-state index contributed by atoms with van der Waals surface area (Å²) in [6.45, 7) is 4.73. The highest BCUT2D eigenvalue weighted by molar-refractivity contribution is 6.31. The molecule has 0 heterocycles. The number of halogens is 2. The monoisotopic (exact) mass is 351 g/mol. The third-order valence-corrected chi connectivity index (χ3v) is 3.58. The van der Waals surface area contributed by atoms with Crippen LogP contribution in [0.1, 0.15) is 19.4 Å². The van der Waals surface area contributed by atoms with Crippen LogP contribution in [0, 0.1) is 5.82 Å². The summed E-state index contributed by atoms with van der Waals surface area (Å²) in [5.41, 5.74) is 0.715. The van der Waals surface area contributed by atoms with E-state index in [1.807, 2.05) is 13.8 Å². The van der Waals surface area contributed by atoms with Gasteiger partial charge >= 0.3 is 0 Å². The lowest BCUT2D eigenvalue weighted by Crippen LogP contribution is -2.15. The molecule has 1 N–H and O–H groups in total. The van der Waals surface area contributed by atoms with Gasteiger partial charge < -0.3 is 14.8 Å². The number of carbonyl (C=O) groups excluding carboxylic acids is 1. The van der Waals surface area contributed by atoms with E-state index >= 15 is 0 Å². The number of benzene rings is 2. The van der Waals surface area contributed by atoms with E-state index in [4.69, 9.17) is 21.1 Å². The van der Waals surface area contributed by atoms with Crippen LogP contribution in [0.25, 0.3) is 0 Å². The summed E-state index contributed by atoms with van der Waals surface area (Å²) in [5, 5.41) is 2.94. The second kappa shape index (κ2) is 8.55. The Morgan fingerprint density at radius 3 is 2.50 bits per heavy atom. The highest BCUT2D eigenvalue weighted by Gasteiger charge is 2.13. The van der Waals surface area contributed by atoms with Crippen LogP contribution < -0.4 is 14.8 Å². The number of amides is 1. The molecule has 0 aliphatic carbocycles. The Bertz CT molecular complexity index is 701. The summed E-state index contributed by atoms with van der Waals surface area (Å²) >= 11 is 5.94. The molecule has 0 saturated carbocycles. The molecule has 0 aliphatic rings. The van der Waals surface area contributed by atoms with E-state index in [2.05, 4.69) is 5.32 Å². The van der Waals surface area contributed by atoms with Crippen molar-refractivity contribution < 1.29 is 18.7 Å². The minimum Gasteiger partial charge on any atom is -0.490 e. The van der Waals surface area contributed by atoms with Gasteiger partial charge in [0.25, 0.3) is 0 Å². The van der Waals surface area contributed by atoms with E-state index in [9.17, 15) is 9.18 Å². The topological polar surface area (TPSA) is 47.6 Å². The van der Waals surface area contributed by atoms with Crippen molar-refractivity contribution in [2.45, 2.75) is 20.3 Å². The molecule has 0 saturated heterocycles. The first-order valence-electron chi connectivity index (χ1n) is 7.67. The molecule has 2 aromatic rings. The highest BCUT2D eigenvalue weighted by Crippen LogP contribution is 2.30. The van der Waals surface area contributed by atoms with Gasteiger partial charge in [-0.25, -0.2) is 4.39 Å². The van der Waals surface area contributed by atoms with Gasteiger partial charge in [0, 0.05) is 22.3 Å². The van der Waals surface area contributed by atoms with E-state index in [1.165, 1.54) is 12.1 Å². The Kier molecular flexibility index (Phi) is 6.44. The van der Waals surface area contributed by atoms with Crippen molar-refractivity contribution in [1.29, 1.82) is 0 Å². The SMILES string of the molecule is CCOc1ccc(NC(=O)Cc2c(F)cccc2Cl)cc1OCC. The zero-order chi connectivity index (χ0) is 17.5. The molecule has 0 bridgehead atoms. The van der Waals surface area contributed by atoms with Crippen molar-refractivity contribution in [1.82, 2.24) is 0 Å². The van der Waals surface area contributed by atoms with Gasteiger partial charge in [0.1, 0.15) is 5.82 Å². The number of hydrogen-bond acceptors (Lipinski definition) is 3. The fourth-order valence-corrected chi connectivity index (χ4v) is 2.43. The van der Waals surface area contributed by atoms with Crippen LogP contribution in [0.5, 0.6) is 11.5 Å². The van der Waals surface area contributed by atoms with E-state index in [-0.39, 0.29) is 22.9 Å². The Morgan fingerprint density at radius 1 is 1.12 bits per heavy atom. The first-order valence-corrected chi connectivity index (χ1v) is 8.05. The van der Waals surface area contributed by atoms with E-state index < -0.39 is 5.82 Å². The first kappa shape index (κ1) is 18.1. The predicted molar refractivity (Wildman–Crippen MR) is 92.5 cm³/mol. The zero-order valence-corrected chi connectivity index (χ0v) is 14.3. The molecular weight excluding hydrogens is 333 g/mol. The number of ether oxygens (including phenoxy) is 2. The van der Waals surface area contributed by atoms with Gasteiger partial charge in [0.15, 0.2) is 11.5 Å². The van der Waals surface area contributed by atoms with Crippen molar-refractivity contribution >= 4 is 23.2 Å². The number of rotatable bonds is 7. The van der Waals surface area contributed by atoms with Crippen molar-refractivity contribution in [2.24, 2.45) is 0 Å². The van der Waals surface area contributed by atoms with Crippen LogP contribution in [0.3, 0.4) is 0 Å². The van der Waals surface area contributed by atoms with Crippen LogP contribution in [-0.4, -0.2) is 19.1 Å². The maximum absolute atomic E-state index is 13.8. The summed E-state index contributed by atoms with van der Waals surface area (Å²) in [5.74, 6) is 0.281. The predicted octanol–water partition coefficient (Wildman–Crippen LogP) is 4.46. The summed E-state index contributed by atoms with van der Waals surface area (Å²) < 4.78 is 24.7. The molecule has 0 fully saturated rings. The molecule has 2 aromatic carbocycles. The summed E-state index contributed by atoms with van der Waals surface area (Å²) in [6.07, 6.45) is -0.150. The Balaban J connectivity index is 2.12. The molecule has 0 aromatic heterocycles. The van der Waals surface area contributed by atoms with Gasteiger partial charge in [-0.2, -0.15) is 0 Å². The van der Waals surface area contributed by atoms with Crippen LogP contribution in [-0.2, 0) is 11.2 Å². The Hall–Kier alpha value is -2.27. The molecule has 2 rings (SSSR count). The smallest absolute Gasteiger partial charge is 0.228 e. The normalized spacial score (nSPS) is 10.3. The fourth-order valence-electron chi connectivity index (χ4n) is 2.20. The summed E-state index contributed by atoms with van der Waals surface area (Å²) in [7, 11) is 0. The van der Waals surface area contributed by atoms with Crippen molar-refractivity contribution in [3.05, 3.63) is 52.8 Å². The molecule has 0 radical (unpaired) electrons. The lowest BCUT2D eigenvalue weighted by molar-refractivity contribution is -0.115. The molecule has 4 nitrogen and oxygen atoms in total. The highest BCUT2D eigenvalue weighted by atomic mass is 35.5. The molecular formula is C18H19ClFNO3. The second-order valence-electron chi connectivity index (χ2n) is 4.95. The van der Waals surface area contributed by atoms with Gasteiger partial charge in [0.2, 0.25) is 5.91 Å². The van der Waals surface area contributed by atoms with E-state index in [0.29, 0.717) is 30.4 Å². The molecule has 6 heteroatoms. The number of carbonyl (C=O) groups is 1. The standard InChI is InChI=1S/C18H19ClFNO3/c1-3-23-16-9-8-12(10-17(16)24-4-2)21-18(22)11-13-14(19)6-5-7-15(13)20/h5-10H,3-4,11H2,1-2H3,(H,21,22). The van der Waals surface area contributed by atoms with Gasteiger partial charge in [-0.3, -0.25) is 4.79 Å². The maximum Gasteiger partial charge on any atom is 0.228 e. The second-order valence-corrected chi connectivity index (χ2v) is 5.36. The molecule has 0 aliphatic heterocycles. The van der Waals surface area contributed by atoms with Crippen LogP contribution in [0.2, 0.25) is 5.02 Å². The lowest BCUT2D eigenvalue weighted by Gasteiger charge is -2.13. The van der Waals surface area contributed by atoms with Crippen LogP contribution >= 0.6 is 11.6 Å². The molecule has 128 valence electrons. The third-order valence-electron chi connectivity index (χ3n) is 3.23. The maximum atomic E-state index is 13.8. The van der Waals surface area contributed by atoms with Crippen molar-refractivity contribution in [2.75, 3.05) is 18.5 Å². The quantitative estimate of drug-likeness (QED) is 0.801. The minimum atomic E-state index is -0.501. The van der Waals surface area contributed by atoms with E-state index in [0.717, 1.165) is 0 Å². The molecule has 0 unspecified atom stereocenters. The zero-order valence-electron chi connectivity index (χ0n) is 13.6. The Labute approximate surface area is 145 Å². The molecule has 0 spiro atoms. The largest absolute Gasteiger partial charge is 0.490 e. The van der Waals surface area contributed by atoms with Gasteiger partial charge in [-0.05, 0) is 38.1 Å². The van der Waals surface area contributed by atoms with Gasteiger partial charge in [0.05, 0.1) is 19.6 Å². The Morgan fingerprint density at radius 2 is 1.83 bits per heavy atom. The summed E-state index contributed by atoms with van der Waals surface area (Å²) in [6, 6.07) is 9.43. The third kappa shape index (κ3) is 4.61. The number of anilines is 1. The molecule has 1 amide bonds. The van der Waals surface area contributed by atoms with Crippen LogP contribution in [0.4, 0.5) is 10.1 Å². The fraction of sp³-hybridized carbons (Fsp3) is 0.278. The minimum absolute atomic E-state index is 0.150. The lowest BCUT2D eigenvalue weighted by atomic mass is 10.1. The average molecular weight is 352 g/mol. The summed E-state index contributed by atoms with van der Waals surface area (Å²) in [4.78, 5) is 12.2. The molecule has 24 heavy (non-hydrogen) atoms. The average Bonchev–Trinajstić information content (AvgIpc) is 2.54. The van der Waals surface area contributed by atoms with E-state index in [1.54, 1.807) is 24.3 Å². The number of nitrogens with one attached hydrogen (secondary N) is 1. The van der Waals surface area contributed by atoms with Crippen molar-refractivity contribution in [3.63, 3.8) is 0 Å². The molecule has 0 atom stereocenters. The number of hydrogen-bond donors (Lipinski definition) is 1. The van der Waals surface area contributed by atoms with Crippen LogP contribution in [0.15, 0.2) is 36.4 Å². The van der Waals surface area contributed by atoms with Gasteiger partial charge in [-0.1, -0.05) is 17.7 Å². The van der Waals surface area contributed by atoms with Crippen molar-refractivity contribution in [3.8, 4) is 11.5 Å².